The van der Waals surface area contributed by atoms with Crippen LogP contribution in [0.5, 0.6) is 0 Å². The van der Waals surface area contributed by atoms with E-state index >= 15 is 0 Å². The standard InChI is InChI=1S/C20H30N2/c1-3-7-11-15-19(16-12-8-4-1)21-22-20-17-13-9-5-2-6-10-14-18-20/h1,3-4,7-8,11-12,15-16,20-22H,2,5-6,9-10,13-14,17-18H2. The minimum absolute atomic E-state index is 0.585. The van der Waals surface area contributed by atoms with Gasteiger partial charge in [-0.1, -0.05) is 87.4 Å². The Hall–Kier alpha value is -1.54. The van der Waals surface area contributed by atoms with E-state index in [2.05, 4.69) is 47.2 Å². The van der Waals surface area contributed by atoms with Crippen LogP contribution in [-0.4, -0.2) is 6.04 Å². The van der Waals surface area contributed by atoms with Gasteiger partial charge in [-0.2, -0.15) is 0 Å². The minimum Gasteiger partial charge on any atom is -0.321 e. The Morgan fingerprint density at radius 3 is 1.59 bits per heavy atom. The zero-order chi connectivity index (χ0) is 15.3. The number of nitrogens with one attached hydrogen (secondary N) is 2. The third-order valence-electron chi connectivity index (χ3n) is 4.24. The van der Waals surface area contributed by atoms with E-state index in [0.717, 1.165) is 5.69 Å². The number of anilines is 1. The highest BCUT2D eigenvalue weighted by Crippen LogP contribution is 2.17. The Morgan fingerprint density at radius 1 is 0.591 bits per heavy atom. The summed E-state index contributed by atoms with van der Waals surface area (Å²) in [5.74, 6) is 0. The first-order valence-electron chi connectivity index (χ1n) is 8.85. The summed E-state index contributed by atoms with van der Waals surface area (Å²) in [4.78, 5) is 0. The van der Waals surface area contributed by atoms with Crippen molar-refractivity contribution in [3.63, 3.8) is 0 Å². The summed E-state index contributed by atoms with van der Waals surface area (Å²) < 4.78 is 0. The molecule has 120 valence electrons. The van der Waals surface area contributed by atoms with Crippen LogP contribution in [0.25, 0.3) is 0 Å². The predicted octanol–water partition coefficient (Wildman–Crippen LogP) is 5.62. The second kappa shape index (κ2) is 11.1. The molecule has 22 heavy (non-hydrogen) atoms. The van der Waals surface area contributed by atoms with Gasteiger partial charge in [-0.15, -0.1) is 0 Å². The molecule has 1 aromatic carbocycles. The van der Waals surface area contributed by atoms with Crippen LogP contribution in [0, 0.1) is 0 Å². The average molecular weight is 298 g/mol. The molecule has 1 aliphatic carbocycles. The maximum absolute atomic E-state index is 3.55. The van der Waals surface area contributed by atoms with Gasteiger partial charge in [0.25, 0.3) is 0 Å². The molecular weight excluding hydrogens is 268 g/mol. The van der Waals surface area contributed by atoms with Crippen LogP contribution in [0.3, 0.4) is 0 Å². The van der Waals surface area contributed by atoms with E-state index in [1.165, 1.54) is 57.8 Å². The van der Waals surface area contributed by atoms with Crippen molar-refractivity contribution in [3.05, 3.63) is 54.6 Å². The summed E-state index contributed by atoms with van der Waals surface area (Å²) >= 11 is 0. The molecule has 1 saturated carbocycles. The first-order chi connectivity index (χ1) is 10.9. The molecule has 0 spiro atoms. The summed E-state index contributed by atoms with van der Waals surface area (Å²) in [6.07, 6.45) is 12.3. The Kier molecular flexibility index (Phi) is 8.48. The molecule has 2 N–H and O–H groups in total. The average Bonchev–Trinajstić information content (AvgIpc) is 2.56. The molecule has 1 aliphatic rings. The molecule has 0 unspecified atom stereocenters. The molecule has 0 amide bonds. The van der Waals surface area contributed by atoms with Crippen LogP contribution in [0.15, 0.2) is 54.6 Å². The topological polar surface area (TPSA) is 24.1 Å². The number of hydrogen-bond acceptors (Lipinski definition) is 2. The smallest absolute Gasteiger partial charge is 0.0487 e. The molecule has 2 heteroatoms. The van der Waals surface area contributed by atoms with Gasteiger partial charge in [0.15, 0.2) is 0 Å². The fraction of sp³-hybridized carbons (Fsp3) is 0.500. The monoisotopic (exact) mass is 298 g/mol. The van der Waals surface area contributed by atoms with Crippen molar-refractivity contribution >= 4 is 5.69 Å². The molecule has 0 bridgehead atoms. The largest absolute Gasteiger partial charge is 0.321 e. The molecule has 0 radical (unpaired) electrons. The minimum atomic E-state index is 0.585. The summed E-state index contributed by atoms with van der Waals surface area (Å²) in [6, 6.07) is 19.1. The van der Waals surface area contributed by atoms with Gasteiger partial charge in [0.2, 0.25) is 0 Å². The third kappa shape index (κ3) is 7.46. The van der Waals surface area contributed by atoms with Crippen molar-refractivity contribution in [2.75, 3.05) is 5.43 Å². The van der Waals surface area contributed by atoms with Gasteiger partial charge in [0, 0.05) is 11.7 Å². The van der Waals surface area contributed by atoms with Gasteiger partial charge < -0.3 is 5.43 Å². The Morgan fingerprint density at radius 2 is 1.05 bits per heavy atom. The first kappa shape index (κ1) is 16.8. The lowest BCUT2D eigenvalue weighted by Crippen LogP contribution is -2.34. The molecule has 0 heterocycles. The molecule has 2 nitrogen and oxygen atoms in total. The third-order valence-corrected chi connectivity index (χ3v) is 4.24. The van der Waals surface area contributed by atoms with Crippen LogP contribution in [-0.2, 0) is 0 Å². The SMILES string of the molecule is c1ccccc(NNC2CCCCCCCCC2)cccc1. The van der Waals surface area contributed by atoms with Crippen molar-refractivity contribution in [2.24, 2.45) is 0 Å². The Balaban J connectivity index is 1.89. The van der Waals surface area contributed by atoms with Crippen LogP contribution in [0.4, 0.5) is 5.69 Å². The highest BCUT2D eigenvalue weighted by molar-refractivity contribution is 5.39. The molecule has 1 fully saturated rings. The summed E-state index contributed by atoms with van der Waals surface area (Å²) in [6.45, 7) is 0. The summed E-state index contributed by atoms with van der Waals surface area (Å²) in [5.41, 5.74) is 8.06. The maximum atomic E-state index is 3.55. The lowest BCUT2D eigenvalue weighted by molar-refractivity contribution is 0.418. The van der Waals surface area contributed by atoms with Crippen molar-refractivity contribution in [1.29, 1.82) is 0 Å². The lowest BCUT2D eigenvalue weighted by atomic mass is 9.98. The van der Waals surface area contributed by atoms with Gasteiger partial charge in [-0.25, -0.2) is 5.43 Å². The van der Waals surface area contributed by atoms with Crippen LogP contribution in [0.1, 0.15) is 57.8 Å². The maximum Gasteiger partial charge on any atom is 0.0487 e. The molecule has 1 aromatic rings. The summed E-state index contributed by atoms with van der Waals surface area (Å²) in [7, 11) is 0. The van der Waals surface area contributed by atoms with Gasteiger partial charge >= 0.3 is 0 Å². The van der Waals surface area contributed by atoms with Crippen LogP contribution in [0.2, 0.25) is 0 Å². The normalized spacial score (nSPS) is 17.3. The number of rotatable bonds is 3. The zero-order valence-corrected chi connectivity index (χ0v) is 13.6. The van der Waals surface area contributed by atoms with E-state index in [4.69, 9.17) is 0 Å². The Bertz CT molecular complexity index is 422. The van der Waals surface area contributed by atoms with E-state index in [1.807, 2.05) is 18.2 Å². The van der Waals surface area contributed by atoms with Crippen molar-refractivity contribution in [1.82, 2.24) is 5.43 Å². The highest BCUT2D eigenvalue weighted by atomic mass is 15.4. The zero-order valence-electron chi connectivity index (χ0n) is 13.6. The van der Waals surface area contributed by atoms with E-state index in [9.17, 15) is 0 Å². The van der Waals surface area contributed by atoms with E-state index in [1.54, 1.807) is 0 Å². The van der Waals surface area contributed by atoms with Gasteiger partial charge in [0.1, 0.15) is 0 Å². The summed E-state index contributed by atoms with van der Waals surface area (Å²) in [5, 5.41) is 0. The molecule has 0 aliphatic heterocycles. The molecule has 2 rings (SSSR count). The van der Waals surface area contributed by atoms with E-state index < -0.39 is 0 Å². The first-order valence-corrected chi connectivity index (χ1v) is 8.85. The Labute approximate surface area is 135 Å². The van der Waals surface area contributed by atoms with Crippen molar-refractivity contribution in [3.8, 4) is 0 Å². The van der Waals surface area contributed by atoms with Crippen molar-refractivity contribution < 1.29 is 0 Å². The van der Waals surface area contributed by atoms with Crippen LogP contribution >= 0.6 is 0 Å². The molecular formula is C20H30N2. The second-order valence-corrected chi connectivity index (χ2v) is 6.15. The van der Waals surface area contributed by atoms with Gasteiger partial charge in [-0.05, 0) is 25.0 Å². The lowest BCUT2D eigenvalue weighted by Gasteiger charge is -2.21. The van der Waals surface area contributed by atoms with Crippen molar-refractivity contribution in [2.45, 2.75) is 63.8 Å². The molecule has 0 atom stereocenters. The number of hydrazine groups is 1. The van der Waals surface area contributed by atoms with E-state index in [-0.39, 0.29) is 0 Å². The quantitative estimate of drug-likeness (QED) is 0.708. The van der Waals surface area contributed by atoms with E-state index in [0.29, 0.717) is 6.04 Å². The highest BCUT2D eigenvalue weighted by Gasteiger charge is 2.09. The van der Waals surface area contributed by atoms with Crippen LogP contribution < -0.4 is 10.9 Å². The fourth-order valence-corrected chi connectivity index (χ4v) is 2.92. The molecule has 0 aromatic heterocycles. The second-order valence-electron chi connectivity index (χ2n) is 6.15. The van der Waals surface area contributed by atoms with Gasteiger partial charge in [-0.3, -0.25) is 0 Å². The number of hydrogen-bond donors (Lipinski definition) is 2. The van der Waals surface area contributed by atoms with Gasteiger partial charge in [0.05, 0.1) is 0 Å². The predicted molar refractivity (Wildman–Crippen MR) is 96.2 cm³/mol. The molecule has 0 saturated heterocycles. The fourth-order valence-electron chi connectivity index (χ4n) is 2.92.